The van der Waals surface area contributed by atoms with Gasteiger partial charge in [0.05, 0.1) is 0 Å². The highest BCUT2D eigenvalue weighted by molar-refractivity contribution is 5.90. The number of benzene rings is 1. The van der Waals surface area contributed by atoms with E-state index in [0.29, 0.717) is 16.7 Å². The van der Waals surface area contributed by atoms with Gasteiger partial charge >= 0.3 is 17.9 Å². The summed E-state index contributed by atoms with van der Waals surface area (Å²) in [5.41, 5.74) is 1.51. The van der Waals surface area contributed by atoms with E-state index in [9.17, 15) is 14.4 Å². The zero-order chi connectivity index (χ0) is 15.8. The van der Waals surface area contributed by atoms with E-state index in [1.165, 1.54) is 18.2 Å². The van der Waals surface area contributed by atoms with Gasteiger partial charge in [0, 0.05) is 18.2 Å². The summed E-state index contributed by atoms with van der Waals surface area (Å²) in [6, 6.07) is 4.72. The van der Waals surface area contributed by atoms with Gasteiger partial charge in [-0.3, -0.25) is 0 Å². The first-order chi connectivity index (χ1) is 9.88. The fraction of sp³-hybridized carbons (Fsp3) is 0. The molecular weight excluding hydrogens is 276 g/mol. The molecule has 0 aliphatic carbocycles. The van der Waals surface area contributed by atoms with E-state index in [1.807, 2.05) is 0 Å². The number of carbonyl (C=O) groups is 3. The number of rotatable bonds is 6. The Hall–Kier alpha value is -3.15. The summed E-state index contributed by atoms with van der Waals surface area (Å²) >= 11 is 0. The lowest BCUT2D eigenvalue weighted by Gasteiger charge is -2.03. The van der Waals surface area contributed by atoms with Crippen molar-refractivity contribution in [3.05, 3.63) is 53.1 Å². The minimum absolute atomic E-state index is 0.461. The van der Waals surface area contributed by atoms with Gasteiger partial charge < -0.3 is 15.3 Å². The van der Waals surface area contributed by atoms with Crippen molar-refractivity contribution in [2.45, 2.75) is 0 Å². The van der Waals surface area contributed by atoms with Crippen LogP contribution in [0.25, 0.3) is 18.2 Å². The van der Waals surface area contributed by atoms with Crippen LogP contribution in [-0.2, 0) is 14.4 Å². The minimum Gasteiger partial charge on any atom is -0.478 e. The molecule has 0 aliphatic rings. The molecule has 108 valence electrons. The lowest BCUT2D eigenvalue weighted by Crippen LogP contribution is -1.91. The first kappa shape index (κ1) is 15.9. The highest BCUT2D eigenvalue weighted by Gasteiger charge is 2.00. The molecule has 0 aliphatic heterocycles. The third kappa shape index (κ3) is 6.02. The van der Waals surface area contributed by atoms with Crippen LogP contribution in [0.5, 0.6) is 0 Å². The molecule has 0 amide bonds. The maximum absolute atomic E-state index is 10.6. The molecule has 0 heterocycles. The Labute approximate surface area is 120 Å². The van der Waals surface area contributed by atoms with Crippen LogP contribution in [0.1, 0.15) is 16.7 Å². The van der Waals surface area contributed by atoms with Gasteiger partial charge in [0.2, 0.25) is 0 Å². The Bertz CT molecular complexity index is 652. The second kappa shape index (κ2) is 7.44. The molecule has 1 rings (SSSR count). The Morgan fingerprint density at radius 3 is 1.71 bits per heavy atom. The summed E-state index contributed by atoms with van der Waals surface area (Å²) in [5.74, 6) is -3.37. The van der Waals surface area contributed by atoms with Crippen molar-refractivity contribution < 1.29 is 29.7 Å². The third-order valence-electron chi connectivity index (χ3n) is 2.34. The molecule has 1 aromatic carbocycles. The largest absolute Gasteiger partial charge is 0.478 e. The summed E-state index contributed by atoms with van der Waals surface area (Å²) < 4.78 is 0. The summed E-state index contributed by atoms with van der Waals surface area (Å²) in [6.45, 7) is 0. The molecule has 0 saturated heterocycles. The fourth-order valence-electron chi connectivity index (χ4n) is 1.48. The van der Waals surface area contributed by atoms with Crippen LogP contribution in [-0.4, -0.2) is 33.2 Å². The van der Waals surface area contributed by atoms with Crippen molar-refractivity contribution in [1.82, 2.24) is 0 Å². The molecule has 0 aromatic heterocycles. The van der Waals surface area contributed by atoms with Gasteiger partial charge in [-0.25, -0.2) is 14.4 Å². The quantitative estimate of drug-likeness (QED) is 0.690. The first-order valence-corrected chi connectivity index (χ1v) is 5.75. The van der Waals surface area contributed by atoms with Gasteiger partial charge in [-0.2, -0.15) is 0 Å². The average molecular weight is 288 g/mol. The first-order valence-electron chi connectivity index (χ1n) is 5.75. The van der Waals surface area contributed by atoms with Crippen LogP contribution in [0.2, 0.25) is 0 Å². The SMILES string of the molecule is O=C(O)C=Cc1ccc(C=CC(=O)O)c(C=CC(=O)O)c1. The van der Waals surface area contributed by atoms with E-state index in [2.05, 4.69) is 0 Å². The van der Waals surface area contributed by atoms with Crippen LogP contribution in [0, 0.1) is 0 Å². The monoisotopic (exact) mass is 288 g/mol. The van der Waals surface area contributed by atoms with E-state index < -0.39 is 17.9 Å². The van der Waals surface area contributed by atoms with Crippen molar-refractivity contribution in [2.75, 3.05) is 0 Å². The van der Waals surface area contributed by atoms with Crippen LogP contribution < -0.4 is 0 Å². The number of carboxylic acids is 3. The summed E-state index contributed by atoms with van der Waals surface area (Å²) in [6.07, 6.45) is 6.78. The third-order valence-corrected chi connectivity index (χ3v) is 2.34. The minimum atomic E-state index is -1.14. The van der Waals surface area contributed by atoms with Crippen LogP contribution in [0.15, 0.2) is 36.4 Å². The van der Waals surface area contributed by atoms with E-state index in [-0.39, 0.29) is 0 Å². The standard InChI is InChI=1S/C15H12O6/c16-13(17)6-2-10-1-3-11(4-7-14(18)19)12(9-10)5-8-15(20)21/h1-9H,(H,16,17)(H,18,19)(H,20,21). The predicted octanol–water partition coefficient (Wildman–Crippen LogP) is 1.98. The summed E-state index contributed by atoms with van der Waals surface area (Å²) in [7, 11) is 0. The highest BCUT2D eigenvalue weighted by Crippen LogP contribution is 2.17. The summed E-state index contributed by atoms with van der Waals surface area (Å²) in [5, 5.41) is 25.8. The van der Waals surface area contributed by atoms with Gasteiger partial charge in [-0.05, 0) is 41.0 Å². The Morgan fingerprint density at radius 1 is 0.714 bits per heavy atom. The Kier molecular flexibility index (Phi) is 5.64. The van der Waals surface area contributed by atoms with E-state index in [1.54, 1.807) is 18.2 Å². The molecule has 0 fully saturated rings. The zero-order valence-corrected chi connectivity index (χ0v) is 10.8. The highest BCUT2D eigenvalue weighted by atomic mass is 16.4. The van der Waals surface area contributed by atoms with Gasteiger partial charge in [0.25, 0.3) is 0 Å². The molecule has 0 unspecified atom stereocenters. The topological polar surface area (TPSA) is 112 Å². The molecule has 0 atom stereocenters. The number of hydrogen-bond acceptors (Lipinski definition) is 3. The summed E-state index contributed by atoms with van der Waals surface area (Å²) in [4.78, 5) is 31.5. The lowest BCUT2D eigenvalue weighted by molar-refractivity contribution is -0.132. The van der Waals surface area contributed by atoms with Crippen molar-refractivity contribution in [2.24, 2.45) is 0 Å². The zero-order valence-electron chi connectivity index (χ0n) is 10.8. The van der Waals surface area contributed by atoms with Gasteiger partial charge in [-0.15, -0.1) is 0 Å². The van der Waals surface area contributed by atoms with Crippen LogP contribution >= 0.6 is 0 Å². The maximum Gasteiger partial charge on any atom is 0.328 e. The molecule has 0 saturated carbocycles. The molecule has 0 spiro atoms. The molecule has 6 nitrogen and oxygen atoms in total. The smallest absolute Gasteiger partial charge is 0.328 e. The second-order valence-corrected chi connectivity index (χ2v) is 3.90. The molecule has 3 N–H and O–H groups in total. The fourth-order valence-corrected chi connectivity index (χ4v) is 1.48. The Balaban J connectivity index is 3.22. The second-order valence-electron chi connectivity index (χ2n) is 3.90. The predicted molar refractivity (Wildman–Crippen MR) is 76.5 cm³/mol. The number of carboxylic acid groups (broad SMARTS) is 3. The van der Waals surface area contributed by atoms with Gasteiger partial charge in [0.15, 0.2) is 0 Å². The van der Waals surface area contributed by atoms with E-state index in [0.717, 1.165) is 18.2 Å². The molecule has 6 heteroatoms. The molecule has 0 radical (unpaired) electrons. The number of aliphatic carboxylic acids is 3. The van der Waals surface area contributed by atoms with E-state index >= 15 is 0 Å². The molecular formula is C15H12O6. The number of hydrogen-bond donors (Lipinski definition) is 3. The van der Waals surface area contributed by atoms with Gasteiger partial charge in [-0.1, -0.05) is 12.1 Å². The van der Waals surface area contributed by atoms with Crippen molar-refractivity contribution in [3.8, 4) is 0 Å². The molecule has 21 heavy (non-hydrogen) atoms. The lowest BCUT2D eigenvalue weighted by atomic mass is 10.0. The van der Waals surface area contributed by atoms with Crippen LogP contribution in [0.4, 0.5) is 0 Å². The molecule has 0 bridgehead atoms. The van der Waals surface area contributed by atoms with Crippen molar-refractivity contribution in [1.29, 1.82) is 0 Å². The maximum atomic E-state index is 10.6. The van der Waals surface area contributed by atoms with E-state index in [4.69, 9.17) is 15.3 Å². The van der Waals surface area contributed by atoms with Crippen molar-refractivity contribution in [3.63, 3.8) is 0 Å². The normalized spacial score (nSPS) is 11.4. The van der Waals surface area contributed by atoms with Gasteiger partial charge in [0.1, 0.15) is 0 Å². The Morgan fingerprint density at radius 2 is 1.19 bits per heavy atom. The molecule has 1 aromatic rings. The van der Waals surface area contributed by atoms with Crippen LogP contribution in [0.3, 0.4) is 0 Å². The average Bonchev–Trinajstić information content (AvgIpc) is 2.41. The van der Waals surface area contributed by atoms with Crippen molar-refractivity contribution >= 4 is 36.1 Å².